The van der Waals surface area contributed by atoms with E-state index in [0.717, 1.165) is 17.3 Å². The van der Waals surface area contributed by atoms with Gasteiger partial charge in [0.2, 0.25) is 11.6 Å². The maximum atomic E-state index is 4.33. The van der Waals surface area contributed by atoms with Crippen molar-refractivity contribution in [2.75, 3.05) is 12.4 Å². The van der Waals surface area contributed by atoms with Crippen LogP contribution in [0.2, 0.25) is 0 Å². The van der Waals surface area contributed by atoms with Gasteiger partial charge in [0.15, 0.2) is 0 Å². The summed E-state index contributed by atoms with van der Waals surface area (Å²) in [6, 6.07) is 5.80. The summed E-state index contributed by atoms with van der Waals surface area (Å²) < 4.78 is 1.86. The molecule has 3 heterocycles. The molecular weight excluding hydrogens is 204 g/mol. The van der Waals surface area contributed by atoms with Crippen molar-refractivity contribution in [1.29, 1.82) is 0 Å². The predicted molar refractivity (Wildman–Crippen MR) is 60.9 cm³/mol. The minimum absolute atomic E-state index is 0.450. The molecule has 80 valence electrons. The van der Waals surface area contributed by atoms with Crippen LogP contribution in [0.4, 0.5) is 11.8 Å². The van der Waals surface area contributed by atoms with E-state index in [2.05, 4.69) is 25.3 Å². The molecule has 2 aromatic heterocycles. The number of rotatable bonds is 0. The number of nitrogens with zero attached hydrogens (tertiary/aromatic N) is 5. The van der Waals surface area contributed by atoms with Gasteiger partial charge in [-0.05, 0) is 19.1 Å². The highest BCUT2D eigenvalue weighted by molar-refractivity contribution is 5.96. The van der Waals surface area contributed by atoms with Gasteiger partial charge in [-0.1, -0.05) is 6.07 Å². The Labute approximate surface area is 91.4 Å². The molecule has 1 aliphatic rings. The molecule has 0 radical (unpaired) electrons. The Bertz CT molecular complexity index is 667. The maximum Gasteiger partial charge on any atom is 0.249 e. The molecule has 6 heteroatoms. The van der Waals surface area contributed by atoms with Gasteiger partial charge in [0.1, 0.15) is 17.3 Å². The van der Waals surface area contributed by atoms with Crippen LogP contribution < -0.4 is 10.9 Å². The molecule has 16 heavy (non-hydrogen) atoms. The van der Waals surface area contributed by atoms with Gasteiger partial charge in [-0.2, -0.15) is 15.0 Å². The molecule has 0 saturated carbocycles. The fraction of sp³-hybridized carbons (Fsp3) is 0.200. The van der Waals surface area contributed by atoms with Crippen molar-refractivity contribution in [3.05, 3.63) is 23.8 Å². The first-order valence-corrected chi connectivity index (χ1v) is 4.93. The molecule has 0 aliphatic carbocycles. The maximum absolute atomic E-state index is 4.33. The Morgan fingerprint density at radius 1 is 1.31 bits per heavy atom. The molecule has 0 atom stereocenters. The van der Waals surface area contributed by atoms with E-state index in [1.165, 1.54) is 0 Å². The van der Waals surface area contributed by atoms with Crippen molar-refractivity contribution in [3.8, 4) is 0 Å². The summed E-state index contributed by atoms with van der Waals surface area (Å²) in [4.78, 5) is 16.9. The van der Waals surface area contributed by atoms with Crippen LogP contribution in [-0.2, 0) is 0 Å². The second-order valence-electron chi connectivity index (χ2n) is 3.47. The molecule has 0 amide bonds. The van der Waals surface area contributed by atoms with Gasteiger partial charge < -0.3 is 5.32 Å². The number of hydrogen-bond donors (Lipinski definition) is 1. The molecule has 0 fully saturated rings. The first-order valence-electron chi connectivity index (χ1n) is 4.93. The number of hydrogen-bond acceptors (Lipinski definition) is 5. The smallest absolute Gasteiger partial charge is 0.249 e. The van der Waals surface area contributed by atoms with Crippen molar-refractivity contribution in [1.82, 2.24) is 14.4 Å². The Morgan fingerprint density at radius 2 is 2.19 bits per heavy atom. The van der Waals surface area contributed by atoms with E-state index >= 15 is 0 Å². The summed E-state index contributed by atoms with van der Waals surface area (Å²) in [6.45, 7) is 1.90. The van der Waals surface area contributed by atoms with Crippen LogP contribution in [0.25, 0.3) is 5.65 Å². The van der Waals surface area contributed by atoms with Crippen LogP contribution in [0.15, 0.2) is 28.2 Å². The Balaban J connectivity index is 2.51. The lowest BCUT2D eigenvalue weighted by Crippen LogP contribution is -2.22. The highest BCUT2D eigenvalue weighted by Crippen LogP contribution is 2.20. The van der Waals surface area contributed by atoms with Gasteiger partial charge in [0.05, 0.1) is 0 Å². The number of pyridine rings is 1. The van der Waals surface area contributed by atoms with Gasteiger partial charge in [-0.25, -0.2) is 4.40 Å². The van der Waals surface area contributed by atoms with Crippen molar-refractivity contribution in [2.45, 2.75) is 6.92 Å². The van der Waals surface area contributed by atoms with E-state index in [4.69, 9.17) is 0 Å². The zero-order chi connectivity index (χ0) is 11.1. The molecule has 2 aromatic rings. The largest absolute Gasteiger partial charge is 0.330 e. The molecule has 0 spiro atoms. The third kappa shape index (κ3) is 1.19. The molecule has 0 bridgehead atoms. The second kappa shape index (κ2) is 3.13. The number of aliphatic imine (C=N–C) groups is 1. The number of amidine groups is 1. The van der Waals surface area contributed by atoms with Gasteiger partial charge >= 0.3 is 0 Å². The fourth-order valence-electron chi connectivity index (χ4n) is 1.70. The lowest BCUT2D eigenvalue weighted by Gasteiger charge is -2.16. The molecule has 0 aromatic carbocycles. The summed E-state index contributed by atoms with van der Waals surface area (Å²) in [5, 5.41) is 3.16. The Kier molecular flexibility index (Phi) is 1.76. The van der Waals surface area contributed by atoms with E-state index in [1.54, 1.807) is 7.05 Å². The van der Waals surface area contributed by atoms with Crippen LogP contribution in [0.1, 0.15) is 6.92 Å². The van der Waals surface area contributed by atoms with Gasteiger partial charge in [-0.15, -0.1) is 0 Å². The normalized spacial score (nSPS) is 14.9. The predicted octanol–water partition coefficient (Wildman–Crippen LogP) is 0.735. The van der Waals surface area contributed by atoms with E-state index in [-0.39, 0.29) is 0 Å². The highest BCUT2D eigenvalue weighted by Gasteiger charge is 2.12. The van der Waals surface area contributed by atoms with E-state index in [1.807, 2.05) is 29.5 Å². The fourth-order valence-corrected chi connectivity index (χ4v) is 1.70. The standard InChI is InChI=1S/C10H10N6/c1-6-12-7-4-3-5-8-14-9(11-2)15-10(13-6)16(7)8/h3-5H,1-2H3,(H,11,12,13,14,15). The first kappa shape index (κ1) is 9.02. The molecule has 0 unspecified atom stereocenters. The monoisotopic (exact) mass is 214 g/mol. The van der Waals surface area contributed by atoms with Crippen molar-refractivity contribution in [3.63, 3.8) is 0 Å². The van der Waals surface area contributed by atoms with Gasteiger partial charge in [0, 0.05) is 7.05 Å². The average molecular weight is 214 g/mol. The molecule has 0 saturated heterocycles. The average Bonchev–Trinajstić information content (AvgIpc) is 2.28. The van der Waals surface area contributed by atoms with Crippen LogP contribution in [0, 0.1) is 0 Å². The van der Waals surface area contributed by atoms with Gasteiger partial charge in [-0.3, -0.25) is 4.99 Å². The minimum Gasteiger partial charge on any atom is -0.330 e. The van der Waals surface area contributed by atoms with Crippen molar-refractivity contribution < 1.29 is 0 Å². The molecule has 6 nitrogen and oxygen atoms in total. The Morgan fingerprint density at radius 3 is 3.00 bits per heavy atom. The van der Waals surface area contributed by atoms with E-state index in [0.29, 0.717) is 11.6 Å². The first-order chi connectivity index (χ1) is 7.78. The number of aromatic nitrogens is 3. The van der Waals surface area contributed by atoms with Crippen LogP contribution in [0.5, 0.6) is 0 Å². The molecular formula is C10H10N6. The molecule has 1 aliphatic heterocycles. The quantitative estimate of drug-likeness (QED) is 0.703. The van der Waals surface area contributed by atoms with E-state index in [9.17, 15) is 0 Å². The van der Waals surface area contributed by atoms with Gasteiger partial charge in [0.25, 0.3) is 0 Å². The summed E-state index contributed by atoms with van der Waals surface area (Å²) in [7, 11) is 1.67. The molecule has 1 N–H and O–H groups in total. The van der Waals surface area contributed by atoms with E-state index < -0.39 is 0 Å². The lowest BCUT2D eigenvalue weighted by atomic mass is 10.4. The molecule has 3 rings (SSSR count). The topological polar surface area (TPSA) is 66.9 Å². The minimum atomic E-state index is 0.450. The third-order valence-electron chi connectivity index (χ3n) is 2.36. The number of nitrogens with one attached hydrogen (secondary N) is 1. The van der Waals surface area contributed by atoms with Crippen LogP contribution in [-0.4, -0.2) is 27.3 Å². The zero-order valence-corrected chi connectivity index (χ0v) is 8.97. The second-order valence-corrected chi connectivity index (χ2v) is 3.47. The third-order valence-corrected chi connectivity index (χ3v) is 2.36. The van der Waals surface area contributed by atoms with Crippen molar-refractivity contribution >= 4 is 23.2 Å². The van der Waals surface area contributed by atoms with Crippen LogP contribution in [0.3, 0.4) is 0 Å². The van der Waals surface area contributed by atoms with Crippen LogP contribution >= 0.6 is 0 Å². The summed E-state index contributed by atoms with van der Waals surface area (Å²) >= 11 is 0. The zero-order valence-electron chi connectivity index (χ0n) is 8.97. The van der Waals surface area contributed by atoms with Crippen molar-refractivity contribution in [2.24, 2.45) is 9.98 Å². The summed E-state index contributed by atoms with van der Waals surface area (Å²) in [6.07, 6.45) is 0. The summed E-state index contributed by atoms with van der Waals surface area (Å²) in [5.41, 5.74) is 1.23. The summed E-state index contributed by atoms with van der Waals surface area (Å²) in [5.74, 6) is 2.34. The highest BCUT2D eigenvalue weighted by atomic mass is 15.3. The Hall–Kier alpha value is -2.24. The SMILES string of the molecule is CN=c1nc2n3c(cccc3n1)NC(C)=N2. The number of anilines is 1. The lowest BCUT2D eigenvalue weighted by molar-refractivity contribution is 0.912.